The summed E-state index contributed by atoms with van der Waals surface area (Å²) in [6.45, 7) is 7.81. The molecule has 0 N–H and O–H groups in total. The van der Waals surface area contributed by atoms with E-state index in [0.717, 1.165) is 15.5 Å². The first kappa shape index (κ1) is 21.8. The summed E-state index contributed by atoms with van der Waals surface area (Å²) in [7, 11) is 3.06. The van der Waals surface area contributed by atoms with E-state index >= 15 is 0 Å². The van der Waals surface area contributed by atoms with Crippen LogP contribution in [0.5, 0.6) is 0 Å². The standard InChI is InChI=1S/C19H21BrN4O3S2/c1-9(2)28-18-14(12-7-10(3)16(25)23(5)8-12)21-19(29-18)24-15(17(26)27-6)13(20)11(4)22-24/h7-9H,1-6H3. The van der Waals surface area contributed by atoms with Crippen LogP contribution in [-0.4, -0.2) is 37.7 Å². The Bertz CT molecular complexity index is 1120. The molecule has 3 rings (SSSR count). The summed E-state index contributed by atoms with van der Waals surface area (Å²) in [4.78, 5) is 29.2. The Morgan fingerprint density at radius 2 is 2.03 bits per heavy atom. The number of ether oxygens (including phenoxy) is 1. The van der Waals surface area contributed by atoms with Gasteiger partial charge in [0.05, 0.1) is 27.2 Å². The third-order valence-electron chi connectivity index (χ3n) is 4.11. The summed E-state index contributed by atoms with van der Waals surface area (Å²) in [6, 6.07) is 1.84. The summed E-state index contributed by atoms with van der Waals surface area (Å²) in [5.41, 5.74) is 3.18. The number of aryl methyl sites for hydroxylation is 3. The lowest BCUT2D eigenvalue weighted by Crippen LogP contribution is -2.18. The molecule has 3 aromatic rings. The molecule has 0 bridgehead atoms. The highest BCUT2D eigenvalue weighted by Crippen LogP contribution is 2.40. The van der Waals surface area contributed by atoms with Crippen LogP contribution < -0.4 is 5.56 Å². The molecule has 0 atom stereocenters. The van der Waals surface area contributed by atoms with E-state index in [4.69, 9.17) is 9.72 Å². The van der Waals surface area contributed by atoms with Crippen LogP contribution >= 0.6 is 39.0 Å². The number of rotatable bonds is 5. The number of nitrogens with zero attached hydrogens (tertiary/aromatic N) is 4. The number of methoxy groups -OCH3 is 1. The maximum atomic E-state index is 12.3. The van der Waals surface area contributed by atoms with Crippen molar-refractivity contribution in [1.82, 2.24) is 19.3 Å². The molecule has 0 saturated carbocycles. The molecular weight excluding hydrogens is 476 g/mol. The molecule has 0 amide bonds. The summed E-state index contributed by atoms with van der Waals surface area (Å²) < 4.78 is 9.57. The minimum absolute atomic E-state index is 0.0399. The van der Waals surface area contributed by atoms with Crippen LogP contribution in [0.2, 0.25) is 0 Å². The van der Waals surface area contributed by atoms with Crippen LogP contribution in [-0.2, 0) is 11.8 Å². The van der Waals surface area contributed by atoms with Crippen molar-refractivity contribution in [2.75, 3.05) is 7.11 Å². The van der Waals surface area contributed by atoms with E-state index in [9.17, 15) is 9.59 Å². The predicted molar refractivity (Wildman–Crippen MR) is 119 cm³/mol. The number of carbonyl (C=O) groups is 1. The first-order valence-electron chi connectivity index (χ1n) is 8.83. The van der Waals surface area contributed by atoms with Gasteiger partial charge in [-0.15, -0.1) is 11.8 Å². The molecule has 0 radical (unpaired) electrons. The first-order chi connectivity index (χ1) is 13.6. The van der Waals surface area contributed by atoms with Crippen molar-refractivity contribution in [3.8, 4) is 16.4 Å². The summed E-state index contributed by atoms with van der Waals surface area (Å²) in [5.74, 6) is -0.495. The summed E-state index contributed by atoms with van der Waals surface area (Å²) in [6.07, 6.45) is 1.78. The monoisotopic (exact) mass is 496 g/mol. The fourth-order valence-electron chi connectivity index (χ4n) is 2.79. The molecule has 0 spiro atoms. The highest BCUT2D eigenvalue weighted by molar-refractivity contribution is 9.10. The molecule has 154 valence electrons. The van der Waals surface area contributed by atoms with Crippen molar-refractivity contribution in [1.29, 1.82) is 0 Å². The Balaban J connectivity index is 2.23. The topological polar surface area (TPSA) is 79.0 Å². The second-order valence-electron chi connectivity index (χ2n) is 6.78. The van der Waals surface area contributed by atoms with E-state index in [1.807, 2.05) is 13.0 Å². The van der Waals surface area contributed by atoms with Gasteiger partial charge >= 0.3 is 5.97 Å². The third-order valence-corrected chi connectivity index (χ3v) is 7.30. The van der Waals surface area contributed by atoms with Gasteiger partial charge in [-0.3, -0.25) is 4.79 Å². The Hall–Kier alpha value is -1.91. The number of hydrogen-bond acceptors (Lipinski definition) is 7. The molecule has 0 saturated heterocycles. The Morgan fingerprint density at radius 3 is 2.62 bits per heavy atom. The molecule has 0 fully saturated rings. The van der Waals surface area contributed by atoms with E-state index < -0.39 is 5.97 Å². The maximum absolute atomic E-state index is 12.3. The Labute approximate surface area is 185 Å². The number of thiazole rings is 1. The summed E-state index contributed by atoms with van der Waals surface area (Å²) >= 11 is 6.56. The van der Waals surface area contributed by atoms with Crippen molar-refractivity contribution in [3.63, 3.8) is 0 Å². The van der Waals surface area contributed by atoms with Gasteiger partial charge < -0.3 is 9.30 Å². The van der Waals surface area contributed by atoms with Crippen LogP contribution in [0, 0.1) is 13.8 Å². The number of pyridine rings is 1. The van der Waals surface area contributed by atoms with Crippen molar-refractivity contribution in [2.24, 2.45) is 7.05 Å². The normalized spacial score (nSPS) is 11.3. The lowest BCUT2D eigenvalue weighted by molar-refractivity contribution is 0.0589. The highest BCUT2D eigenvalue weighted by atomic mass is 79.9. The van der Waals surface area contributed by atoms with Crippen LogP contribution in [0.25, 0.3) is 16.4 Å². The highest BCUT2D eigenvalue weighted by Gasteiger charge is 2.25. The van der Waals surface area contributed by atoms with Gasteiger partial charge in [0, 0.05) is 29.6 Å². The number of hydrogen-bond donors (Lipinski definition) is 0. The average molecular weight is 497 g/mol. The maximum Gasteiger partial charge on any atom is 0.358 e. The largest absolute Gasteiger partial charge is 0.464 e. The lowest BCUT2D eigenvalue weighted by Gasteiger charge is -2.07. The van der Waals surface area contributed by atoms with Gasteiger partial charge in [-0.25, -0.2) is 9.78 Å². The van der Waals surface area contributed by atoms with Crippen LogP contribution in [0.1, 0.15) is 35.6 Å². The van der Waals surface area contributed by atoms with E-state index in [2.05, 4.69) is 34.9 Å². The fourth-order valence-corrected chi connectivity index (χ4v) is 5.68. The van der Waals surface area contributed by atoms with E-state index in [-0.39, 0.29) is 5.56 Å². The van der Waals surface area contributed by atoms with Crippen LogP contribution in [0.4, 0.5) is 0 Å². The molecule has 10 heteroatoms. The van der Waals surface area contributed by atoms with Crippen LogP contribution in [0.3, 0.4) is 0 Å². The number of esters is 1. The van der Waals surface area contributed by atoms with Gasteiger partial charge in [0.1, 0.15) is 0 Å². The molecule has 29 heavy (non-hydrogen) atoms. The van der Waals surface area contributed by atoms with E-state index in [1.54, 1.807) is 36.5 Å². The summed E-state index contributed by atoms with van der Waals surface area (Å²) in [5, 5.41) is 5.37. The third kappa shape index (κ3) is 4.19. The lowest BCUT2D eigenvalue weighted by atomic mass is 10.2. The number of thioether (sulfide) groups is 1. The predicted octanol–water partition coefficient (Wildman–Crippen LogP) is 4.36. The van der Waals surface area contributed by atoms with Crippen molar-refractivity contribution >= 4 is 45.0 Å². The number of carbonyl (C=O) groups excluding carboxylic acids is 1. The van der Waals surface area contributed by atoms with Gasteiger partial charge in [-0.1, -0.05) is 25.2 Å². The minimum Gasteiger partial charge on any atom is -0.464 e. The van der Waals surface area contributed by atoms with E-state index in [1.165, 1.54) is 23.1 Å². The quantitative estimate of drug-likeness (QED) is 0.385. The Morgan fingerprint density at radius 1 is 1.34 bits per heavy atom. The minimum atomic E-state index is -0.495. The molecule has 0 aliphatic carbocycles. The molecule has 3 aromatic heterocycles. The smallest absolute Gasteiger partial charge is 0.358 e. The first-order valence-corrected chi connectivity index (χ1v) is 11.3. The molecule has 0 aliphatic rings. The van der Waals surface area contributed by atoms with Gasteiger partial charge in [0.15, 0.2) is 5.69 Å². The molecule has 0 aliphatic heterocycles. The van der Waals surface area contributed by atoms with Crippen LogP contribution in [0.15, 0.2) is 25.7 Å². The number of aromatic nitrogens is 4. The van der Waals surface area contributed by atoms with Gasteiger partial charge in [0.25, 0.3) is 5.56 Å². The molecule has 3 heterocycles. The van der Waals surface area contributed by atoms with Crippen molar-refractivity contribution in [2.45, 2.75) is 37.2 Å². The molecule has 0 unspecified atom stereocenters. The molecule has 7 nitrogen and oxygen atoms in total. The zero-order chi connectivity index (χ0) is 21.5. The second kappa shape index (κ2) is 8.45. The molecule has 0 aromatic carbocycles. The van der Waals surface area contributed by atoms with Crippen molar-refractivity contribution < 1.29 is 9.53 Å². The second-order valence-corrected chi connectivity index (χ2v) is 10.4. The van der Waals surface area contributed by atoms with Gasteiger partial charge in [0.2, 0.25) is 5.13 Å². The van der Waals surface area contributed by atoms with Gasteiger partial charge in [-0.2, -0.15) is 9.78 Å². The SMILES string of the molecule is COC(=O)c1c(Br)c(C)nn1-c1nc(-c2cc(C)c(=O)n(C)c2)c(SC(C)C)s1. The van der Waals surface area contributed by atoms with Gasteiger partial charge in [-0.05, 0) is 35.8 Å². The average Bonchev–Trinajstić information content (AvgIpc) is 3.19. The Kier molecular flexibility index (Phi) is 6.35. The molecular formula is C19H21BrN4O3S2. The zero-order valence-electron chi connectivity index (χ0n) is 16.9. The van der Waals surface area contributed by atoms with E-state index in [0.29, 0.717) is 31.8 Å². The van der Waals surface area contributed by atoms with Crippen molar-refractivity contribution in [3.05, 3.63) is 44.0 Å². The number of halogens is 1. The fraction of sp³-hybridized carbons (Fsp3) is 0.368. The zero-order valence-corrected chi connectivity index (χ0v) is 20.2.